The van der Waals surface area contributed by atoms with Gasteiger partial charge in [-0.25, -0.2) is 0 Å². The second kappa shape index (κ2) is 6.50. The second-order valence-electron chi connectivity index (χ2n) is 3.71. The standard InChI is InChI=1S/C13H16N2O3/c1-4-15(2)13(16)9-18-12-6-10(8-14)5-11(7-12)17-3/h5-7H,4,9H2,1-3H3. The van der Waals surface area contributed by atoms with Crippen LogP contribution in [0.25, 0.3) is 0 Å². The van der Waals surface area contributed by atoms with E-state index in [1.165, 1.54) is 7.11 Å². The third-order valence-corrected chi connectivity index (χ3v) is 2.51. The van der Waals surface area contributed by atoms with Gasteiger partial charge >= 0.3 is 0 Å². The van der Waals surface area contributed by atoms with Crippen LogP contribution in [0.5, 0.6) is 11.5 Å². The Kier molecular flexibility index (Phi) is 5.00. The van der Waals surface area contributed by atoms with E-state index in [-0.39, 0.29) is 12.5 Å². The summed E-state index contributed by atoms with van der Waals surface area (Å²) in [7, 11) is 3.22. The Morgan fingerprint density at radius 1 is 1.39 bits per heavy atom. The number of carbonyl (C=O) groups excluding carboxylic acids is 1. The van der Waals surface area contributed by atoms with Crippen molar-refractivity contribution in [3.8, 4) is 17.6 Å². The van der Waals surface area contributed by atoms with Crippen LogP contribution in [0.3, 0.4) is 0 Å². The van der Waals surface area contributed by atoms with Crippen LogP contribution in [0.1, 0.15) is 12.5 Å². The van der Waals surface area contributed by atoms with Gasteiger partial charge in [0.05, 0.1) is 18.7 Å². The predicted molar refractivity (Wildman–Crippen MR) is 66.5 cm³/mol. The molecule has 5 nitrogen and oxygen atoms in total. The first-order valence-corrected chi connectivity index (χ1v) is 5.56. The van der Waals surface area contributed by atoms with E-state index < -0.39 is 0 Å². The van der Waals surface area contributed by atoms with E-state index in [9.17, 15) is 4.79 Å². The van der Waals surface area contributed by atoms with Crippen molar-refractivity contribution in [1.29, 1.82) is 5.26 Å². The van der Waals surface area contributed by atoms with Crippen molar-refractivity contribution in [2.75, 3.05) is 27.3 Å². The number of likely N-dealkylation sites (N-methyl/N-ethyl adjacent to an activating group) is 1. The van der Waals surface area contributed by atoms with Crippen molar-refractivity contribution >= 4 is 5.91 Å². The van der Waals surface area contributed by atoms with Gasteiger partial charge in [-0.3, -0.25) is 4.79 Å². The van der Waals surface area contributed by atoms with Crippen molar-refractivity contribution in [1.82, 2.24) is 4.90 Å². The van der Waals surface area contributed by atoms with Gasteiger partial charge in [0, 0.05) is 19.7 Å². The summed E-state index contributed by atoms with van der Waals surface area (Å²) in [6.07, 6.45) is 0. The highest BCUT2D eigenvalue weighted by molar-refractivity contribution is 5.77. The molecule has 0 atom stereocenters. The van der Waals surface area contributed by atoms with Gasteiger partial charge in [0.25, 0.3) is 5.91 Å². The van der Waals surface area contributed by atoms with Crippen LogP contribution in [-0.4, -0.2) is 38.1 Å². The Morgan fingerprint density at radius 3 is 2.61 bits per heavy atom. The zero-order chi connectivity index (χ0) is 13.5. The molecule has 0 N–H and O–H groups in total. The van der Waals surface area contributed by atoms with Crippen LogP contribution in [0, 0.1) is 11.3 Å². The molecule has 0 unspecified atom stereocenters. The minimum Gasteiger partial charge on any atom is -0.497 e. The molecule has 96 valence electrons. The summed E-state index contributed by atoms with van der Waals surface area (Å²) in [5, 5.41) is 8.85. The van der Waals surface area contributed by atoms with Crippen molar-refractivity contribution in [3.05, 3.63) is 23.8 Å². The van der Waals surface area contributed by atoms with Gasteiger partial charge in [0.15, 0.2) is 6.61 Å². The number of hydrogen-bond donors (Lipinski definition) is 0. The van der Waals surface area contributed by atoms with E-state index in [0.29, 0.717) is 23.6 Å². The van der Waals surface area contributed by atoms with E-state index >= 15 is 0 Å². The number of benzene rings is 1. The molecule has 0 spiro atoms. The largest absolute Gasteiger partial charge is 0.497 e. The SMILES string of the molecule is CCN(C)C(=O)COc1cc(C#N)cc(OC)c1. The topological polar surface area (TPSA) is 62.6 Å². The van der Waals surface area contributed by atoms with Crippen LogP contribution >= 0.6 is 0 Å². The molecule has 0 aliphatic heterocycles. The number of amides is 1. The van der Waals surface area contributed by atoms with Gasteiger partial charge < -0.3 is 14.4 Å². The Hall–Kier alpha value is -2.22. The lowest BCUT2D eigenvalue weighted by atomic mass is 10.2. The molecule has 0 heterocycles. The summed E-state index contributed by atoms with van der Waals surface area (Å²) in [5.74, 6) is 0.864. The molecular weight excluding hydrogens is 232 g/mol. The molecule has 18 heavy (non-hydrogen) atoms. The van der Waals surface area contributed by atoms with Gasteiger partial charge in [-0.2, -0.15) is 5.26 Å². The lowest BCUT2D eigenvalue weighted by Gasteiger charge is -2.15. The highest BCUT2D eigenvalue weighted by atomic mass is 16.5. The molecule has 1 rings (SSSR count). The molecule has 5 heteroatoms. The van der Waals surface area contributed by atoms with Crippen LogP contribution in [0.2, 0.25) is 0 Å². The van der Waals surface area contributed by atoms with E-state index in [4.69, 9.17) is 14.7 Å². The number of carbonyl (C=O) groups is 1. The maximum atomic E-state index is 11.6. The van der Waals surface area contributed by atoms with Crippen molar-refractivity contribution in [2.45, 2.75) is 6.92 Å². The number of hydrogen-bond acceptors (Lipinski definition) is 4. The fourth-order valence-corrected chi connectivity index (χ4v) is 1.27. The number of nitriles is 1. The average Bonchev–Trinajstić information content (AvgIpc) is 2.43. The minimum absolute atomic E-state index is 0.0532. The van der Waals surface area contributed by atoms with Crippen LogP contribution in [0.4, 0.5) is 0 Å². The molecule has 0 aliphatic rings. The molecular formula is C13H16N2O3. The van der Waals surface area contributed by atoms with Gasteiger partial charge in [0.2, 0.25) is 0 Å². The van der Waals surface area contributed by atoms with Crippen molar-refractivity contribution < 1.29 is 14.3 Å². The fourth-order valence-electron chi connectivity index (χ4n) is 1.27. The smallest absolute Gasteiger partial charge is 0.260 e. The molecule has 1 aromatic carbocycles. The first-order chi connectivity index (χ1) is 8.60. The molecule has 0 fully saturated rings. The summed E-state index contributed by atoms with van der Waals surface area (Å²) in [6, 6.07) is 6.82. The van der Waals surface area contributed by atoms with Gasteiger partial charge in [-0.1, -0.05) is 0 Å². The molecule has 0 saturated carbocycles. The highest BCUT2D eigenvalue weighted by Gasteiger charge is 2.08. The average molecular weight is 248 g/mol. The molecule has 0 bridgehead atoms. The third-order valence-electron chi connectivity index (χ3n) is 2.51. The van der Waals surface area contributed by atoms with Crippen LogP contribution in [0.15, 0.2) is 18.2 Å². The Morgan fingerprint density at radius 2 is 2.06 bits per heavy atom. The van der Waals surface area contributed by atoms with E-state index in [0.717, 1.165) is 0 Å². The normalized spacial score (nSPS) is 9.44. The zero-order valence-corrected chi connectivity index (χ0v) is 10.8. The third kappa shape index (κ3) is 3.67. The molecule has 0 saturated heterocycles. The summed E-state index contributed by atoms with van der Waals surface area (Å²) in [5.41, 5.74) is 0.431. The zero-order valence-electron chi connectivity index (χ0n) is 10.8. The molecule has 0 aliphatic carbocycles. The first kappa shape index (κ1) is 13.8. The summed E-state index contributed by atoms with van der Waals surface area (Å²) in [6.45, 7) is 2.46. The van der Waals surface area contributed by atoms with E-state index in [2.05, 4.69) is 0 Å². The van der Waals surface area contributed by atoms with Crippen molar-refractivity contribution in [2.24, 2.45) is 0 Å². The molecule has 1 amide bonds. The summed E-state index contributed by atoms with van der Waals surface area (Å²) in [4.78, 5) is 13.1. The number of ether oxygens (including phenoxy) is 2. The molecule has 0 radical (unpaired) electrons. The summed E-state index contributed by atoms with van der Waals surface area (Å²) >= 11 is 0. The Balaban J connectivity index is 2.73. The number of methoxy groups -OCH3 is 1. The predicted octanol–water partition coefficient (Wildman–Crippen LogP) is 1.42. The number of nitrogens with zero attached hydrogens (tertiary/aromatic N) is 2. The van der Waals surface area contributed by atoms with Crippen molar-refractivity contribution in [3.63, 3.8) is 0 Å². The Bertz CT molecular complexity index is 466. The highest BCUT2D eigenvalue weighted by Crippen LogP contribution is 2.22. The van der Waals surface area contributed by atoms with Gasteiger partial charge in [-0.05, 0) is 19.1 Å². The van der Waals surface area contributed by atoms with Crippen LogP contribution in [-0.2, 0) is 4.79 Å². The lowest BCUT2D eigenvalue weighted by Crippen LogP contribution is -2.31. The Labute approximate surface area is 107 Å². The monoisotopic (exact) mass is 248 g/mol. The van der Waals surface area contributed by atoms with Crippen LogP contribution < -0.4 is 9.47 Å². The van der Waals surface area contributed by atoms with Gasteiger partial charge in [0.1, 0.15) is 11.5 Å². The van der Waals surface area contributed by atoms with E-state index in [1.54, 1.807) is 30.1 Å². The second-order valence-corrected chi connectivity index (χ2v) is 3.71. The molecule has 0 aromatic heterocycles. The van der Waals surface area contributed by atoms with E-state index in [1.807, 2.05) is 13.0 Å². The number of rotatable bonds is 5. The first-order valence-electron chi connectivity index (χ1n) is 5.56. The minimum atomic E-state index is -0.112. The quantitative estimate of drug-likeness (QED) is 0.790. The van der Waals surface area contributed by atoms with Gasteiger partial charge in [-0.15, -0.1) is 0 Å². The lowest BCUT2D eigenvalue weighted by molar-refractivity contribution is -0.131. The maximum Gasteiger partial charge on any atom is 0.260 e. The summed E-state index contributed by atoms with van der Waals surface area (Å²) < 4.78 is 10.4. The maximum absolute atomic E-state index is 11.6. The fraction of sp³-hybridized carbons (Fsp3) is 0.385. The molecule has 1 aromatic rings.